The molecule has 214 valence electrons. The number of likely N-dealkylation sites (tertiary alicyclic amines) is 1. The number of carboxylic acids is 1. The van der Waals surface area contributed by atoms with E-state index >= 15 is 0 Å². The van der Waals surface area contributed by atoms with Crippen LogP contribution in [0.4, 0.5) is 5.69 Å². The zero-order chi connectivity index (χ0) is 29.5. The van der Waals surface area contributed by atoms with Crippen LogP contribution in [-0.2, 0) is 22.6 Å². The Bertz CT molecular complexity index is 1580. The van der Waals surface area contributed by atoms with Gasteiger partial charge < -0.3 is 10.4 Å². The highest BCUT2D eigenvalue weighted by atomic mass is 79.9. The second kappa shape index (κ2) is 13.9. The smallest absolute Gasteiger partial charge is 0.328 e. The average Bonchev–Trinajstić information content (AvgIpc) is 3.46. The molecule has 2 N–H and O–H groups in total. The van der Waals surface area contributed by atoms with Gasteiger partial charge in [-0.05, 0) is 48.7 Å². The molecule has 0 radical (unpaired) electrons. The molecule has 1 aliphatic rings. The molecule has 8 heteroatoms. The SMILES string of the molecule is O=C(O)C(Cc1ccc(Br)cc1Cl)N=C(c1ccccc1)c1ccccc1NC(=O)[C@H]1CCCN1Cc1ccccc1. The molecule has 1 aliphatic heterocycles. The Morgan fingerprint density at radius 2 is 1.67 bits per heavy atom. The van der Waals surface area contributed by atoms with Gasteiger partial charge in [0.1, 0.15) is 0 Å². The third-order valence-electron chi connectivity index (χ3n) is 7.38. The molecular formula is C34H31BrClN3O3. The number of carboxylic acid groups (broad SMARTS) is 1. The number of benzene rings is 4. The van der Waals surface area contributed by atoms with Gasteiger partial charge in [0.15, 0.2) is 6.04 Å². The Morgan fingerprint density at radius 3 is 2.38 bits per heavy atom. The van der Waals surface area contributed by atoms with Crippen LogP contribution in [-0.4, -0.2) is 46.2 Å². The van der Waals surface area contributed by atoms with Gasteiger partial charge in [0.2, 0.25) is 5.91 Å². The van der Waals surface area contributed by atoms with Crippen LogP contribution in [0.15, 0.2) is 113 Å². The van der Waals surface area contributed by atoms with E-state index in [1.54, 1.807) is 12.1 Å². The summed E-state index contributed by atoms with van der Waals surface area (Å²) in [5, 5.41) is 13.8. The summed E-state index contributed by atoms with van der Waals surface area (Å²) in [4.78, 5) is 33.1. The number of hydrogen-bond acceptors (Lipinski definition) is 4. The maximum Gasteiger partial charge on any atom is 0.328 e. The van der Waals surface area contributed by atoms with E-state index < -0.39 is 12.0 Å². The van der Waals surface area contributed by atoms with E-state index in [2.05, 4.69) is 38.3 Å². The summed E-state index contributed by atoms with van der Waals surface area (Å²) in [5.74, 6) is -1.15. The minimum Gasteiger partial charge on any atom is -0.480 e. The molecule has 5 rings (SSSR count). The molecule has 0 aromatic heterocycles. The molecule has 0 aliphatic carbocycles. The van der Waals surface area contributed by atoms with Crippen LogP contribution in [0, 0.1) is 0 Å². The summed E-state index contributed by atoms with van der Waals surface area (Å²) in [6, 6.07) is 31.0. The highest BCUT2D eigenvalue weighted by molar-refractivity contribution is 9.10. The summed E-state index contributed by atoms with van der Waals surface area (Å²) in [7, 11) is 0. The van der Waals surface area contributed by atoms with E-state index in [0.29, 0.717) is 34.1 Å². The molecule has 42 heavy (non-hydrogen) atoms. The summed E-state index contributed by atoms with van der Waals surface area (Å²) < 4.78 is 0.811. The number of carbonyl (C=O) groups is 2. The molecule has 1 amide bonds. The van der Waals surface area contributed by atoms with Crippen LogP contribution in [0.5, 0.6) is 0 Å². The molecule has 6 nitrogen and oxygen atoms in total. The monoisotopic (exact) mass is 643 g/mol. The first-order valence-corrected chi connectivity index (χ1v) is 15.0. The number of aliphatic imine (C=N–C) groups is 1. The lowest BCUT2D eigenvalue weighted by molar-refractivity contribution is -0.138. The van der Waals surface area contributed by atoms with Crippen LogP contribution < -0.4 is 5.32 Å². The molecule has 1 fully saturated rings. The predicted molar refractivity (Wildman–Crippen MR) is 171 cm³/mol. The predicted octanol–water partition coefficient (Wildman–Crippen LogP) is 7.24. The summed E-state index contributed by atoms with van der Waals surface area (Å²) >= 11 is 9.83. The fourth-order valence-electron chi connectivity index (χ4n) is 5.28. The van der Waals surface area contributed by atoms with Crippen LogP contribution >= 0.6 is 27.5 Å². The second-order valence-corrected chi connectivity index (χ2v) is 11.6. The second-order valence-electron chi connectivity index (χ2n) is 10.3. The van der Waals surface area contributed by atoms with Gasteiger partial charge in [0, 0.05) is 33.6 Å². The normalized spacial score (nSPS) is 16.2. The molecule has 1 unspecified atom stereocenters. The first-order chi connectivity index (χ1) is 20.4. The topological polar surface area (TPSA) is 82.0 Å². The molecule has 2 atom stereocenters. The van der Waals surface area contributed by atoms with Gasteiger partial charge in [-0.15, -0.1) is 0 Å². The van der Waals surface area contributed by atoms with E-state index in [4.69, 9.17) is 16.6 Å². The van der Waals surface area contributed by atoms with E-state index in [-0.39, 0.29) is 18.4 Å². The van der Waals surface area contributed by atoms with Gasteiger partial charge in [-0.25, -0.2) is 4.79 Å². The van der Waals surface area contributed by atoms with E-state index in [0.717, 1.165) is 29.4 Å². The average molecular weight is 645 g/mol. The van der Waals surface area contributed by atoms with Crippen molar-refractivity contribution in [3.05, 3.63) is 135 Å². The van der Waals surface area contributed by atoms with Crippen molar-refractivity contribution >= 4 is 50.8 Å². The summed E-state index contributed by atoms with van der Waals surface area (Å²) in [6.07, 6.45) is 1.83. The van der Waals surface area contributed by atoms with Crippen LogP contribution in [0.3, 0.4) is 0 Å². The number of hydrogen-bond donors (Lipinski definition) is 2. The fourth-order valence-corrected chi connectivity index (χ4v) is 6.03. The molecule has 1 saturated heterocycles. The largest absolute Gasteiger partial charge is 0.480 e. The lowest BCUT2D eigenvalue weighted by atomic mass is 9.98. The fraction of sp³-hybridized carbons (Fsp3) is 0.206. The number of carbonyl (C=O) groups excluding carboxylic acids is 1. The molecule has 4 aromatic rings. The Balaban J connectivity index is 1.47. The lowest BCUT2D eigenvalue weighted by Gasteiger charge is -2.24. The third kappa shape index (κ3) is 7.34. The van der Waals surface area contributed by atoms with Gasteiger partial charge >= 0.3 is 5.97 Å². The Kier molecular flexibility index (Phi) is 9.85. The van der Waals surface area contributed by atoms with Crippen molar-refractivity contribution in [1.29, 1.82) is 0 Å². The minimum absolute atomic E-state index is 0.0836. The summed E-state index contributed by atoms with van der Waals surface area (Å²) in [6.45, 7) is 1.56. The number of para-hydroxylation sites is 1. The number of amides is 1. The van der Waals surface area contributed by atoms with Gasteiger partial charge in [-0.2, -0.15) is 0 Å². The standard InChI is InChI=1S/C34H31BrClN3O3/c35-26-18-17-25(28(36)21-26)20-30(34(41)42)37-32(24-12-5-2-6-13-24)27-14-7-8-15-29(27)38-33(40)31-16-9-19-39(31)22-23-10-3-1-4-11-23/h1-8,10-15,17-18,21,30-31H,9,16,19-20,22H2,(H,38,40)(H,41,42)/t30?,31-/m1/s1. The first-order valence-electron chi connectivity index (χ1n) is 13.9. The van der Waals surface area contributed by atoms with Gasteiger partial charge in [-0.3, -0.25) is 14.7 Å². The molecule has 1 heterocycles. The van der Waals surface area contributed by atoms with Crippen molar-refractivity contribution in [2.24, 2.45) is 4.99 Å². The van der Waals surface area contributed by atoms with Crippen molar-refractivity contribution < 1.29 is 14.7 Å². The Labute approximate surface area is 259 Å². The lowest BCUT2D eigenvalue weighted by Crippen LogP contribution is -2.39. The quantitative estimate of drug-likeness (QED) is 0.178. The number of halogens is 2. The first kappa shape index (κ1) is 29.7. The Morgan fingerprint density at radius 1 is 0.976 bits per heavy atom. The number of aliphatic carboxylic acids is 1. The minimum atomic E-state index is -1.10. The molecule has 0 spiro atoms. The van der Waals surface area contributed by atoms with Gasteiger partial charge in [-0.1, -0.05) is 112 Å². The van der Waals surface area contributed by atoms with Crippen LogP contribution in [0.25, 0.3) is 0 Å². The molecule has 0 saturated carbocycles. The molecule has 0 bridgehead atoms. The zero-order valence-electron chi connectivity index (χ0n) is 22.9. The van der Waals surface area contributed by atoms with Crippen molar-refractivity contribution in [2.75, 3.05) is 11.9 Å². The van der Waals surface area contributed by atoms with Crippen molar-refractivity contribution in [3.63, 3.8) is 0 Å². The third-order valence-corrected chi connectivity index (χ3v) is 8.23. The van der Waals surface area contributed by atoms with E-state index in [9.17, 15) is 14.7 Å². The highest BCUT2D eigenvalue weighted by Gasteiger charge is 2.31. The van der Waals surface area contributed by atoms with Gasteiger partial charge in [0.05, 0.1) is 17.4 Å². The van der Waals surface area contributed by atoms with Crippen LogP contribution in [0.1, 0.15) is 35.1 Å². The van der Waals surface area contributed by atoms with E-state index in [1.165, 1.54) is 5.56 Å². The number of anilines is 1. The number of nitrogens with one attached hydrogen (secondary N) is 1. The van der Waals surface area contributed by atoms with Crippen LogP contribution in [0.2, 0.25) is 5.02 Å². The van der Waals surface area contributed by atoms with Crippen molar-refractivity contribution in [3.8, 4) is 0 Å². The van der Waals surface area contributed by atoms with Crippen molar-refractivity contribution in [1.82, 2.24) is 4.90 Å². The maximum absolute atomic E-state index is 13.7. The van der Waals surface area contributed by atoms with Gasteiger partial charge in [0.25, 0.3) is 0 Å². The number of nitrogens with zero attached hydrogens (tertiary/aromatic N) is 2. The zero-order valence-corrected chi connectivity index (χ0v) is 25.3. The Hall–Kier alpha value is -3.78. The highest BCUT2D eigenvalue weighted by Crippen LogP contribution is 2.27. The van der Waals surface area contributed by atoms with E-state index in [1.807, 2.05) is 78.9 Å². The number of rotatable bonds is 10. The summed E-state index contributed by atoms with van der Waals surface area (Å²) in [5.41, 5.74) is 4.32. The van der Waals surface area contributed by atoms with Crippen molar-refractivity contribution in [2.45, 2.75) is 37.9 Å². The molecular weight excluding hydrogens is 614 g/mol. The maximum atomic E-state index is 13.7. The molecule has 4 aromatic carbocycles.